The first-order valence-electron chi connectivity index (χ1n) is 5.17. The Hall–Kier alpha value is -0.570. The number of nitrogens with two attached hydrogens (primary N) is 1. The highest BCUT2D eigenvalue weighted by molar-refractivity contribution is 5.76. The van der Waals surface area contributed by atoms with Crippen LogP contribution in [-0.2, 0) is 4.79 Å². The zero-order chi connectivity index (χ0) is 9.73. The molecule has 3 nitrogen and oxygen atoms in total. The predicted octanol–water partition coefficient (Wildman–Crippen LogP) is 1.17. The third kappa shape index (κ3) is 3.35. The molecule has 0 atom stereocenters. The Balaban J connectivity index is 2.26. The molecule has 0 aliphatic heterocycles. The second-order valence-corrected chi connectivity index (χ2v) is 4.21. The standard InChI is InChI=1S/C10H20N2O/c1-10(6-2-3-7-10)12-9(13)5-4-8-11/h2-8,11H2,1H3,(H,12,13). The maximum Gasteiger partial charge on any atom is 0.220 e. The summed E-state index contributed by atoms with van der Waals surface area (Å²) in [6.07, 6.45) is 6.11. The quantitative estimate of drug-likeness (QED) is 0.689. The van der Waals surface area contributed by atoms with E-state index in [1.54, 1.807) is 0 Å². The van der Waals surface area contributed by atoms with Gasteiger partial charge in [0.1, 0.15) is 0 Å². The highest BCUT2D eigenvalue weighted by atomic mass is 16.1. The van der Waals surface area contributed by atoms with Gasteiger partial charge in [0.05, 0.1) is 0 Å². The number of carbonyl (C=O) groups is 1. The summed E-state index contributed by atoms with van der Waals surface area (Å²) < 4.78 is 0. The fraction of sp³-hybridized carbons (Fsp3) is 0.900. The highest BCUT2D eigenvalue weighted by Crippen LogP contribution is 2.28. The van der Waals surface area contributed by atoms with Crippen molar-refractivity contribution in [3.05, 3.63) is 0 Å². The summed E-state index contributed by atoms with van der Waals surface area (Å²) in [4.78, 5) is 11.4. The van der Waals surface area contributed by atoms with Crippen molar-refractivity contribution >= 4 is 5.91 Å². The van der Waals surface area contributed by atoms with Crippen LogP contribution in [0.25, 0.3) is 0 Å². The Labute approximate surface area is 80.1 Å². The number of hydrogen-bond acceptors (Lipinski definition) is 2. The Morgan fingerprint density at radius 2 is 2.08 bits per heavy atom. The lowest BCUT2D eigenvalue weighted by Crippen LogP contribution is -2.43. The summed E-state index contributed by atoms with van der Waals surface area (Å²) in [5.41, 5.74) is 5.41. The van der Waals surface area contributed by atoms with Gasteiger partial charge < -0.3 is 11.1 Å². The van der Waals surface area contributed by atoms with Crippen molar-refractivity contribution in [3.63, 3.8) is 0 Å². The average Bonchev–Trinajstić information content (AvgIpc) is 2.48. The molecule has 0 aromatic carbocycles. The zero-order valence-electron chi connectivity index (χ0n) is 8.44. The summed E-state index contributed by atoms with van der Waals surface area (Å²) in [5, 5.41) is 3.10. The van der Waals surface area contributed by atoms with Crippen molar-refractivity contribution in [1.29, 1.82) is 0 Å². The fourth-order valence-corrected chi connectivity index (χ4v) is 1.94. The molecule has 0 bridgehead atoms. The van der Waals surface area contributed by atoms with Gasteiger partial charge in [-0.15, -0.1) is 0 Å². The maximum atomic E-state index is 11.4. The maximum absolute atomic E-state index is 11.4. The first-order valence-corrected chi connectivity index (χ1v) is 5.17. The molecule has 0 heterocycles. The first kappa shape index (κ1) is 10.5. The van der Waals surface area contributed by atoms with Gasteiger partial charge in [0, 0.05) is 12.0 Å². The van der Waals surface area contributed by atoms with E-state index >= 15 is 0 Å². The number of nitrogens with one attached hydrogen (secondary N) is 1. The SMILES string of the molecule is CC1(NC(=O)CCCN)CCCC1. The van der Waals surface area contributed by atoms with E-state index in [1.165, 1.54) is 12.8 Å². The van der Waals surface area contributed by atoms with E-state index in [9.17, 15) is 4.79 Å². The molecule has 3 heteroatoms. The minimum atomic E-state index is 0.0751. The van der Waals surface area contributed by atoms with Crippen LogP contribution in [0, 0.1) is 0 Å². The molecule has 0 unspecified atom stereocenters. The summed E-state index contributed by atoms with van der Waals surface area (Å²) >= 11 is 0. The average molecular weight is 184 g/mol. The summed E-state index contributed by atoms with van der Waals surface area (Å²) in [7, 11) is 0. The minimum Gasteiger partial charge on any atom is -0.351 e. The van der Waals surface area contributed by atoms with Gasteiger partial charge in [-0.25, -0.2) is 0 Å². The van der Waals surface area contributed by atoms with E-state index in [1.807, 2.05) is 0 Å². The van der Waals surface area contributed by atoms with Crippen LogP contribution in [0.3, 0.4) is 0 Å². The van der Waals surface area contributed by atoms with Gasteiger partial charge in [-0.1, -0.05) is 12.8 Å². The van der Waals surface area contributed by atoms with Crippen LogP contribution in [0.4, 0.5) is 0 Å². The van der Waals surface area contributed by atoms with Crippen molar-refractivity contribution in [2.45, 2.75) is 51.0 Å². The Morgan fingerprint density at radius 1 is 1.46 bits per heavy atom. The molecule has 1 saturated carbocycles. The molecule has 0 spiro atoms. The second-order valence-electron chi connectivity index (χ2n) is 4.21. The van der Waals surface area contributed by atoms with E-state index in [-0.39, 0.29) is 11.4 Å². The van der Waals surface area contributed by atoms with Crippen LogP contribution in [0.2, 0.25) is 0 Å². The fourth-order valence-electron chi connectivity index (χ4n) is 1.94. The number of amides is 1. The monoisotopic (exact) mass is 184 g/mol. The molecule has 3 N–H and O–H groups in total. The van der Waals surface area contributed by atoms with Crippen LogP contribution in [0.15, 0.2) is 0 Å². The normalized spacial score (nSPS) is 20.2. The minimum absolute atomic E-state index is 0.0751. The van der Waals surface area contributed by atoms with Crippen molar-refractivity contribution < 1.29 is 4.79 Å². The first-order chi connectivity index (χ1) is 6.16. The largest absolute Gasteiger partial charge is 0.351 e. The molecule has 13 heavy (non-hydrogen) atoms. The van der Waals surface area contributed by atoms with Crippen LogP contribution in [0.1, 0.15) is 45.4 Å². The van der Waals surface area contributed by atoms with Gasteiger partial charge >= 0.3 is 0 Å². The lowest BCUT2D eigenvalue weighted by Gasteiger charge is -2.25. The molecule has 76 valence electrons. The van der Waals surface area contributed by atoms with E-state index in [4.69, 9.17) is 5.73 Å². The molecule has 0 radical (unpaired) electrons. The predicted molar refractivity (Wildman–Crippen MR) is 53.3 cm³/mol. The van der Waals surface area contributed by atoms with Gasteiger partial charge in [0.25, 0.3) is 0 Å². The summed E-state index contributed by atoms with van der Waals surface area (Å²) in [6, 6.07) is 0. The number of rotatable bonds is 4. The molecule has 1 amide bonds. The highest BCUT2D eigenvalue weighted by Gasteiger charge is 2.29. The van der Waals surface area contributed by atoms with E-state index < -0.39 is 0 Å². The van der Waals surface area contributed by atoms with Crippen molar-refractivity contribution in [2.24, 2.45) is 5.73 Å². The van der Waals surface area contributed by atoms with Crippen molar-refractivity contribution in [1.82, 2.24) is 5.32 Å². The third-order valence-corrected chi connectivity index (χ3v) is 2.76. The Kier molecular flexibility index (Phi) is 3.72. The van der Waals surface area contributed by atoms with Crippen molar-refractivity contribution in [3.8, 4) is 0 Å². The summed E-state index contributed by atoms with van der Waals surface area (Å²) in [6.45, 7) is 2.74. The van der Waals surface area contributed by atoms with Gasteiger partial charge in [0.15, 0.2) is 0 Å². The van der Waals surface area contributed by atoms with Gasteiger partial charge in [0.2, 0.25) is 5.91 Å². The van der Waals surface area contributed by atoms with Crippen LogP contribution < -0.4 is 11.1 Å². The molecule has 1 aliphatic carbocycles. The van der Waals surface area contributed by atoms with Gasteiger partial charge in [-0.2, -0.15) is 0 Å². The van der Waals surface area contributed by atoms with Gasteiger partial charge in [-0.05, 0) is 32.7 Å². The Morgan fingerprint density at radius 3 is 2.62 bits per heavy atom. The van der Waals surface area contributed by atoms with Crippen LogP contribution >= 0.6 is 0 Å². The van der Waals surface area contributed by atoms with E-state index in [2.05, 4.69) is 12.2 Å². The molecular weight excluding hydrogens is 164 g/mol. The van der Waals surface area contributed by atoms with Gasteiger partial charge in [-0.3, -0.25) is 4.79 Å². The molecule has 1 fully saturated rings. The number of hydrogen-bond donors (Lipinski definition) is 2. The topological polar surface area (TPSA) is 55.1 Å². The molecule has 0 saturated heterocycles. The molecule has 0 aromatic rings. The summed E-state index contributed by atoms with van der Waals surface area (Å²) in [5.74, 6) is 0.162. The van der Waals surface area contributed by atoms with E-state index in [0.717, 1.165) is 19.3 Å². The lowest BCUT2D eigenvalue weighted by molar-refractivity contribution is -0.122. The Bertz CT molecular complexity index is 174. The van der Waals surface area contributed by atoms with Crippen molar-refractivity contribution in [2.75, 3.05) is 6.54 Å². The smallest absolute Gasteiger partial charge is 0.220 e. The third-order valence-electron chi connectivity index (χ3n) is 2.76. The van der Waals surface area contributed by atoms with Crippen LogP contribution in [-0.4, -0.2) is 18.0 Å². The second kappa shape index (κ2) is 4.61. The zero-order valence-corrected chi connectivity index (χ0v) is 8.44. The van der Waals surface area contributed by atoms with Crippen LogP contribution in [0.5, 0.6) is 0 Å². The molecule has 0 aromatic heterocycles. The van der Waals surface area contributed by atoms with E-state index in [0.29, 0.717) is 13.0 Å². The number of carbonyl (C=O) groups excluding carboxylic acids is 1. The molecular formula is C10H20N2O. The molecule has 1 aliphatic rings. The lowest BCUT2D eigenvalue weighted by atomic mass is 10.0. The molecule has 1 rings (SSSR count).